The summed E-state index contributed by atoms with van der Waals surface area (Å²) < 4.78 is 10.6. The first-order valence-corrected chi connectivity index (χ1v) is 6.07. The first-order valence-electron chi connectivity index (χ1n) is 6.07. The Kier molecular flexibility index (Phi) is 6.58. The van der Waals surface area contributed by atoms with E-state index >= 15 is 0 Å². The summed E-state index contributed by atoms with van der Waals surface area (Å²) in [5.74, 6) is 0.647. The predicted molar refractivity (Wildman–Crippen MR) is 68.2 cm³/mol. The Hall–Kier alpha value is -1.13. The van der Waals surface area contributed by atoms with Crippen molar-refractivity contribution in [2.45, 2.75) is 32.9 Å². The number of hydrogen-bond acceptors (Lipinski definition) is 4. The van der Waals surface area contributed by atoms with Crippen LogP contribution >= 0.6 is 0 Å². The lowest BCUT2D eigenvalue weighted by Crippen LogP contribution is -2.18. The summed E-state index contributed by atoms with van der Waals surface area (Å²) in [5.41, 5.74) is 1.17. The SMILES string of the molecule is CCCNCc1ccc(OC(C)COC)nc1. The molecule has 1 N–H and O–H groups in total. The molecule has 0 aliphatic rings. The van der Waals surface area contributed by atoms with Crippen LogP contribution in [0.15, 0.2) is 18.3 Å². The van der Waals surface area contributed by atoms with Crippen molar-refractivity contribution >= 4 is 0 Å². The van der Waals surface area contributed by atoms with E-state index in [1.165, 1.54) is 5.56 Å². The van der Waals surface area contributed by atoms with Crippen LogP contribution in [0.25, 0.3) is 0 Å². The van der Waals surface area contributed by atoms with E-state index in [1.807, 2.05) is 25.3 Å². The van der Waals surface area contributed by atoms with Crippen molar-refractivity contribution in [3.8, 4) is 5.88 Å². The minimum atomic E-state index is 0.0246. The summed E-state index contributed by atoms with van der Waals surface area (Å²) >= 11 is 0. The van der Waals surface area contributed by atoms with Gasteiger partial charge in [-0.1, -0.05) is 13.0 Å². The van der Waals surface area contributed by atoms with E-state index < -0.39 is 0 Å². The molecule has 1 heterocycles. The molecular formula is C13H22N2O2. The summed E-state index contributed by atoms with van der Waals surface area (Å²) in [7, 11) is 1.66. The van der Waals surface area contributed by atoms with Gasteiger partial charge in [0.25, 0.3) is 0 Å². The molecule has 0 aliphatic heterocycles. The topological polar surface area (TPSA) is 43.4 Å². The van der Waals surface area contributed by atoms with Crippen LogP contribution in [0.1, 0.15) is 25.8 Å². The van der Waals surface area contributed by atoms with Gasteiger partial charge in [0.15, 0.2) is 0 Å². The number of pyridine rings is 1. The number of hydrogen-bond donors (Lipinski definition) is 1. The van der Waals surface area contributed by atoms with Gasteiger partial charge in [0.05, 0.1) is 6.61 Å². The first-order chi connectivity index (χ1) is 8.26. The van der Waals surface area contributed by atoms with Crippen molar-refractivity contribution in [3.05, 3.63) is 23.9 Å². The van der Waals surface area contributed by atoms with E-state index in [9.17, 15) is 0 Å². The van der Waals surface area contributed by atoms with Crippen LogP contribution in [0.3, 0.4) is 0 Å². The van der Waals surface area contributed by atoms with E-state index in [2.05, 4.69) is 17.2 Å². The number of nitrogens with one attached hydrogen (secondary N) is 1. The van der Waals surface area contributed by atoms with Gasteiger partial charge in [-0.25, -0.2) is 4.98 Å². The lowest BCUT2D eigenvalue weighted by Gasteiger charge is -2.12. The lowest BCUT2D eigenvalue weighted by atomic mass is 10.3. The molecule has 1 aromatic rings. The average molecular weight is 238 g/mol. The minimum Gasteiger partial charge on any atom is -0.472 e. The number of aromatic nitrogens is 1. The van der Waals surface area contributed by atoms with Crippen LogP contribution in [-0.2, 0) is 11.3 Å². The van der Waals surface area contributed by atoms with E-state index in [0.29, 0.717) is 12.5 Å². The Morgan fingerprint density at radius 1 is 1.41 bits per heavy atom. The maximum atomic E-state index is 5.58. The van der Waals surface area contributed by atoms with Gasteiger partial charge in [0.2, 0.25) is 5.88 Å². The maximum Gasteiger partial charge on any atom is 0.213 e. The van der Waals surface area contributed by atoms with Crippen molar-refractivity contribution < 1.29 is 9.47 Å². The van der Waals surface area contributed by atoms with Gasteiger partial charge < -0.3 is 14.8 Å². The van der Waals surface area contributed by atoms with E-state index in [0.717, 1.165) is 19.5 Å². The molecule has 96 valence electrons. The molecular weight excluding hydrogens is 216 g/mol. The molecule has 0 saturated carbocycles. The fourth-order valence-electron chi connectivity index (χ4n) is 1.47. The average Bonchev–Trinajstić information content (AvgIpc) is 2.32. The van der Waals surface area contributed by atoms with E-state index in [-0.39, 0.29) is 6.10 Å². The molecule has 0 aliphatic carbocycles. The molecule has 17 heavy (non-hydrogen) atoms. The molecule has 0 amide bonds. The van der Waals surface area contributed by atoms with Crippen LogP contribution in [0.2, 0.25) is 0 Å². The summed E-state index contributed by atoms with van der Waals surface area (Å²) in [6, 6.07) is 3.93. The highest BCUT2D eigenvalue weighted by molar-refractivity contribution is 5.17. The molecule has 0 radical (unpaired) electrons. The molecule has 0 aromatic carbocycles. The van der Waals surface area contributed by atoms with Crippen molar-refractivity contribution in [1.29, 1.82) is 0 Å². The van der Waals surface area contributed by atoms with Crippen LogP contribution < -0.4 is 10.1 Å². The van der Waals surface area contributed by atoms with Gasteiger partial charge in [-0.2, -0.15) is 0 Å². The molecule has 4 heteroatoms. The van der Waals surface area contributed by atoms with Gasteiger partial charge >= 0.3 is 0 Å². The monoisotopic (exact) mass is 238 g/mol. The van der Waals surface area contributed by atoms with Crippen molar-refractivity contribution in [2.24, 2.45) is 0 Å². The molecule has 1 atom stereocenters. The summed E-state index contributed by atoms with van der Waals surface area (Å²) in [4.78, 5) is 4.26. The zero-order valence-electron chi connectivity index (χ0n) is 10.9. The smallest absolute Gasteiger partial charge is 0.213 e. The van der Waals surface area contributed by atoms with Crippen LogP contribution in [0.5, 0.6) is 5.88 Å². The highest BCUT2D eigenvalue weighted by Crippen LogP contribution is 2.09. The molecule has 1 aromatic heterocycles. The minimum absolute atomic E-state index is 0.0246. The normalized spacial score (nSPS) is 12.4. The van der Waals surface area contributed by atoms with Crippen LogP contribution in [-0.4, -0.2) is 31.3 Å². The van der Waals surface area contributed by atoms with Crippen molar-refractivity contribution in [3.63, 3.8) is 0 Å². The van der Waals surface area contributed by atoms with Crippen LogP contribution in [0.4, 0.5) is 0 Å². The number of nitrogens with zero attached hydrogens (tertiary/aromatic N) is 1. The predicted octanol–water partition coefficient (Wildman–Crippen LogP) is 1.99. The molecule has 0 spiro atoms. The fraction of sp³-hybridized carbons (Fsp3) is 0.615. The van der Waals surface area contributed by atoms with Crippen LogP contribution in [0, 0.1) is 0 Å². The van der Waals surface area contributed by atoms with E-state index in [4.69, 9.17) is 9.47 Å². The second kappa shape index (κ2) is 8.03. The summed E-state index contributed by atoms with van der Waals surface area (Å²) in [5, 5.41) is 3.33. The van der Waals surface area contributed by atoms with Crippen molar-refractivity contribution in [1.82, 2.24) is 10.3 Å². The summed E-state index contributed by atoms with van der Waals surface area (Å²) in [6.07, 6.45) is 3.01. The Labute approximate surface area is 103 Å². The molecule has 0 fully saturated rings. The largest absolute Gasteiger partial charge is 0.472 e. The van der Waals surface area contributed by atoms with Gasteiger partial charge in [-0.05, 0) is 25.5 Å². The third kappa shape index (κ3) is 5.65. The number of methoxy groups -OCH3 is 1. The van der Waals surface area contributed by atoms with Gasteiger partial charge in [-0.15, -0.1) is 0 Å². The van der Waals surface area contributed by atoms with Gasteiger partial charge in [0.1, 0.15) is 6.10 Å². The molecule has 1 unspecified atom stereocenters. The first kappa shape index (κ1) is 13.9. The quantitative estimate of drug-likeness (QED) is 0.703. The summed E-state index contributed by atoms with van der Waals surface area (Å²) in [6.45, 7) is 6.57. The highest BCUT2D eigenvalue weighted by Gasteiger charge is 2.04. The molecule has 0 saturated heterocycles. The fourth-order valence-corrected chi connectivity index (χ4v) is 1.47. The Balaban J connectivity index is 2.39. The molecule has 4 nitrogen and oxygen atoms in total. The Bertz CT molecular complexity index is 301. The van der Waals surface area contributed by atoms with Gasteiger partial charge in [-0.3, -0.25) is 0 Å². The lowest BCUT2D eigenvalue weighted by molar-refractivity contribution is 0.0889. The number of rotatable bonds is 8. The second-order valence-corrected chi connectivity index (χ2v) is 4.07. The Morgan fingerprint density at radius 2 is 2.24 bits per heavy atom. The highest BCUT2D eigenvalue weighted by atomic mass is 16.5. The van der Waals surface area contributed by atoms with Gasteiger partial charge in [0, 0.05) is 25.9 Å². The third-order valence-corrected chi connectivity index (χ3v) is 2.28. The molecule has 1 rings (SSSR count). The maximum absolute atomic E-state index is 5.58. The van der Waals surface area contributed by atoms with Crippen molar-refractivity contribution in [2.75, 3.05) is 20.3 Å². The Morgan fingerprint density at radius 3 is 2.82 bits per heavy atom. The third-order valence-electron chi connectivity index (χ3n) is 2.28. The standard InChI is InChI=1S/C13H22N2O2/c1-4-7-14-8-12-5-6-13(15-9-12)17-11(2)10-16-3/h5-6,9,11,14H,4,7-8,10H2,1-3H3. The zero-order valence-corrected chi connectivity index (χ0v) is 10.9. The second-order valence-electron chi connectivity index (χ2n) is 4.07. The number of ether oxygens (including phenoxy) is 2. The molecule has 0 bridgehead atoms. The zero-order chi connectivity index (χ0) is 12.5. The van der Waals surface area contributed by atoms with E-state index in [1.54, 1.807) is 7.11 Å².